The van der Waals surface area contributed by atoms with Gasteiger partial charge in [-0.2, -0.15) is 5.10 Å². The van der Waals surface area contributed by atoms with Crippen LogP contribution in [0.4, 0.5) is 0 Å². The summed E-state index contributed by atoms with van der Waals surface area (Å²) in [4.78, 5) is 36.3. The van der Waals surface area contributed by atoms with Crippen molar-refractivity contribution in [1.29, 1.82) is 0 Å². The van der Waals surface area contributed by atoms with Gasteiger partial charge in [-0.05, 0) is 20.8 Å². The monoisotopic (exact) mass is 309 g/mol. The Kier molecular flexibility index (Phi) is 4.60. The van der Waals surface area contributed by atoms with E-state index >= 15 is 0 Å². The molecule has 1 aliphatic rings. The number of ketones is 1. The van der Waals surface area contributed by atoms with Crippen LogP contribution >= 0.6 is 0 Å². The third-order valence-electron chi connectivity index (χ3n) is 3.71. The van der Waals surface area contributed by atoms with Crippen molar-refractivity contribution in [3.05, 3.63) is 17.0 Å². The summed E-state index contributed by atoms with van der Waals surface area (Å²) in [5.74, 6) is -1.41. The zero-order valence-electron chi connectivity index (χ0n) is 12.8. The van der Waals surface area contributed by atoms with E-state index in [9.17, 15) is 14.4 Å². The molecule has 8 nitrogen and oxygen atoms in total. The Balaban J connectivity index is 2.11. The average molecular weight is 309 g/mol. The molecule has 0 aromatic carbocycles. The van der Waals surface area contributed by atoms with Crippen LogP contribution in [0.5, 0.6) is 0 Å². The van der Waals surface area contributed by atoms with Crippen molar-refractivity contribution in [2.45, 2.75) is 33.4 Å². The van der Waals surface area contributed by atoms with Crippen molar-refractivity contribution in [2.24, 2.45) is 0 Å². The first-order valence-corrected chi connectivity index (χ1v) is 6.98. The highest BCUT2D eigenvalue weighted by Gasteiger charge is 2.29. The number of nitrogens with zero attached hydrogens (tertiary/aromatic N) is 3. The van der Waals surface area contributed by atoms with Crippen LogP contribution in [0, 0.1) is 13.8 Å². The molecule has 1 fully saturated rings. The lowest BCUT2D eigenvalue weighted by Crippen LogP contribution is -2.49. The van der Waals surface area contributed by atoms with E-state index in [-0.39, 0.29) is 31.4 Å². The van der Waals surface area contributed by atoms with Crippen molar-refractivity contribution in [3.63, 3.8) is 0 Å². The van der Waals surface area contributed by atoms with Crippen LogP contribution in [0.15, 0.2) is 0 Å². The van der Waals surface area contributed by atoms with Crippen LogP contribution in [0.1, 0.15) is 28.7 Å². The molecule has 1 aromatic rings. The Hall–Kier alpha value is -2.22. The van der Waals surface area contributed by atoms with Crippen LogP contribution < -0.4 is 0 Å². The minimum Gasteiger partial charge on any atom is -0.479 e. The first-order chi connectivity index (χ1) is 10.3. The molecule has 1 N–H and O–H groups in total. The number of carbonyl (C=O) groups is 3. The summed E-state index contributed by atoms with van der Waals surface area (Å²) in [7, 11) is 0. The quantitative estimate of drug-likeness (QED) is 0.786. The highest BCUT2D eigenvalue weighted by molar-refractivity contribution is 5.96. The molecular weight excluding hydrogens is 290 g/mol. The van der Waals surface area contributed by atoms with Gasteiger partial charge in [0.2, 0.25) is 5.91 Å². The zero-order valence-corrected chi connectivity index (χ0v) is 12.8. The van der Waals surface area contributed by atoms with Gasteiger partial charge in [0.1, 0.15) is 6.54 Å². The van der Waals surface area contributed by atoms with Gasteiger partial charge >= 0.3 is 5.97 Å². The zero-order chi connectivity index (χ0) is 16.4. The van der Waals surface area contributed by atoms with Crippen LogP contribution in [0.2, 0.25) is 0 Å². The van der Waals surface area contributed by atoms with E-state index in [0.717, 1.165) is 0 Å². The van der Waals surface area contributed by atoms with Gasteiger partial charge < -0.3 is 14.7 Å². The lowest BCUT2D eigenvalue weighted by molar-refractivity contribution is -0.159. The summed E-state index contributed by atoms with van der Waals surface area (Å²) in [5, 5.41) is 13.2. The molecule has 22 heavy (non-hydrogen) atoms. The fraction of sp³-hybridized carbons (Fsp3) is 0.571. The van der Waals surface area contributed by atoms with Gasteiger partial charge in [0.05, 0.1) is 24.4 Å². The number of aliphatic carboxylic acids is 1. The highest BCUT2D eigenvalue weighted by atomic mass is 16.5. The number of Topliss-reactive ketones (excluding diaryl/α,β-unsaturated/α-hetero) is 1. The largest absolute Gasteiger partial charge is 0.479 e. The normalized spacial score (nSPS) is 18.3. The summed E-state index contributed by atoms with van der Waals surface area (Å²) in [6.45, 7) is 5.46. The van der Waals surface area contributed by atoms with Gasteiger partial charge in [-0.15, -0.1) is 0 Å². The molecule has 8 heteroatoms. The first kappa shape index (κ1) is 16.2. The molecule has 0 aliphatic carbocycles. The summed E-state index contributed by atoms with van der Waals surface area (Å²) in [6, 6.07) is 0. The Labute approximate surface area is 127 Å². The predicted molar refractivity (Wildman–Crippen MR) is 75.7 cm³/mol. The van der Waals surface area contributed by atoms with Crippen LogP contribution in [-0.2, 0) is 20.9 Å². The first-order valence-electron chi connectivity index (χ1n) is 6.98. The van der Waals surface area contributed by atoms with Crippen molar-refractivity contribution < 1.29 is 24.2 Å². The molecule has 2 rings (SSSR count). The summed E-state index contributed by atoms with van der Waals surface area (Å²) in [5.41, 5.74) is 1.75. The topological polar surface area (TPSA) is 102 Å². The van der Waals surface area contributed by atoms with Gasteiger partial charge in [0, 0.05) is 12.2 Å². The number of amides is 1. The molecule has 1 aromatic heterocycles. The number of carbonyl (C=O) groups excluding carboxylic acids is 2. The lowest BCUT2D eigenvalue weighted by atomic mass is 10.1. The third kappa shape index (κ3) is 3.16. The maximum absolute atomic E-state index is 12.3. The SMILES string of the molecule is CC(=O)c1c(C)nn(CC(=O)N2CCOC(C(=O)O)C2)c1C. The highest BCUT2D eigenvalue weighted by Crippen LogP contribution is 2.14. The van der Waals surface area contributed by atoms with E-state index in [4.69, 9.17) is 9.84 Å². The fourth-order valence-corrected chi connectivity index (χ4v) is 2.61. The summed E-state index contributed by atoms with van der Waals surface area (Å²) < 4.78 is 6.57. The maximum Gasteiger partial charge on any atom is 0.334 e. The Bertz CT molecular complexity index is 622. The van der Waals surface area contributed by atoms with Gasteiger partial charge in [0.15, 0.2) is 11.9 Å². The molecular formula is C14H19N3O5. The van der Waals surface area contributed by atoms with E-state index in [2.05, 4.69) is 5.10 Å². The van der Waals surface area contributed by atoms with Crippen molar-refractivity contribution in [3.8, 4) is 0 Å². The Morgan fingerprint density at radius 3 is 2.59 bits per heavy atom. The summed E-state index contributed by atoms with van der Waals surface area (Å²) >= 11 is 0. The van der Waals surface area contributed by atoms with Crippen LogP contribution in [0.3, 0.4) is 0 Å². The number of morpholine rings is 1. The molecule has 0 radical (unpaired) electrons. The molecule has 0 bridgehead atoms. The van der Waals surface area contributed by atoms with Crippen LogP contribution in [-0.4, -0.2) is 63.2 Å². The van der Waals surface area contributed by atoms with Crippen molar-refractivity contribution in [2.75, 3.05) is 19.7 Å². The van der Waals surface area contributed by atoms with E-state index in [1.54, 1.807) is 13.8 Å². The third-order valence-corrected chi connectivity index (χ3v) is 3.71. The van der Waals surface area contributed by atoms with Gasteiger partial charge in [-0.3, -0.25) is 14.3 Å². The van der Waals surface area contributed by atoms with Crippen molar-refractivity contribution >= 4 is 17.7 Å². The van der Waals surface area contributed by atoms with Crippen LogP contribution in [0.25, 0.3) is 0 Å². The minimum absolute atomic E-state index is 0.0209. The molecule has 2 heterocycles. The second kappa shape index (κ2) is 6.27. The molecule has 1 aliphatic heterocycles. The minimum atomic E-state index is -1.08. The number of hydrogen-bond donors (Lipinski definition) is 1. The number of rotatable bonds is 4. The van der Waals surface area contributed by atoms with E-state index in [1.165, 1.54) is 16.5 Å². The number of aryl methyl sites for hydroxylation is 1. The Morgan fingerprint density at radius 2 is 2.05 bits per heavy atom. The van der Waals surface area contributed by atoms with E-state index in [0.29, 0.717) is 23.5 Å². The second-order valence-electron chi connectivity index (χ2n) is 5.30. The number of ether oxygens (including phenoxy) is 1. The van der Waals surface area contributed by atoms with Gasteiger partial charge in [0.25, 0.3) is 0 Å². The standard InChI is InChI=1S/C14H19N3O5/c1-8-13(10(3)18)9(2)17(15-8)7-12(19)16-4-5-22-11(6-16)14(20)21/h11H,4-7H2,1-3H3,(H,20,21). The number of hydrogen-bond acceptors (Lipinski definition) is 5. The molecule has 1 atom stereocenters. The molecule has 1 unspecified atom stereocenters. The predicted octanol–water partition coefficient (Wildman–Crippen LogP) is 0.0145. The van der Waals surface area contributed by atoms with E-state index in [1.807, 2.05) is 0 Å². The smallest absolute Gasteiger partial charge is 0.334 e. The van der Waals surface area contributed by atoms with Crippen molar-refractivity contribution in [1.82, 2.24) is 14.7 Å². The molecule has 0 spiro atoms. The molecule has 1 saturated heterocycles. The number of carboxylic acid groups (broad SMARTS) is 1. The molecule has 1 amide bonds. The second-order valence-corrected chi connectivity index (χ2v) is 5.30. The number of aromatic nitrogens is 2. The fourth-order valence-electron chi connectivity index (χ4n) is 2.61. The van der Waals surface area contributed by atoms with E-state index < -0.39 is 12.1 Å². The lowest BCUT2D eigenvalue weighted by Gasteiger charge is -2.30. The van der Waals surface area contributed by atoms with Gasteiger partial charge in [-0.1, -0.05) is 0 Å². The number of carboxylic acids is 1. The average Bonchev–Trinajstić information content (AvgIpc) is 2.73. The molecule has 0 saturated carbocycles. The maximum atomic E-state index is 12.3. The Morgan fingerprint density at radius 1 is 1.36 bits per heavy atom. The summed E-state index contributed by atoms with van der Waals surface area (Å²) in [6.07, 6.45) is -0.995. The molecule has 120 valence electrons. The van der Waals surface area contributed by atoms with Gasteiger partial charge in [-0.25, -0.2) is 4.79 Å².